The number of aliphatic hydroxyl groups is 1. The van der Waals surface area contributed by atoms with Gasteiger partial charge in [0.1, 0.15) is 0 Å². The molecule has 0 bridgehead atoms. The van der Waals surface area contributed by atoms with Crippen LogP contribution in [0, 0.1) is 5.92 Å². The van der Waals surface area contributed by atoms with Crippen molar-refractivity contribution in [3.05, 3.63) is 28.5 Å². The van der Waals surface area contributed by atoms with Gasteiger partial charge in [-0.25, -0.2) is 0 Å². The molecule has 14 heavy (non-hydrogen) atoms. The third kappa shape index (κ3) is 2.79. The Bertz CT molecular complexity index is 295. The van der Waals surface area contributed by atoms with Gasteiger partial charge in [-0.1, -0.05) is 12.8 Å². The first kappa shape index (κ1) is 10.1. The van der Waals surface area contributed by atoms with Crippen molar-refractivity contribution in [1.82, 2.24) is 4.98 Å². The Morgan fingerprint density at radius 1 is 1.50 bits per heavy atom. The summed E-state index contributed by atoms with van der Waals surface area (Å²) in [5.41, 5.74) is 0.786. The fraction of sp³-hybridized carbons (Fsp3) is 0.545. The van der Waals surface area contributed by atoms with Crippen molar-refractivity contribution in [3.8, 4) is 0 Å². The van der Waals surface area contributed by atoms with E-state index < -0.39 is 0 Å². The highest BCUT2D eigenvalue weighted by atomic mass is 79.9. The van der Waals surface area contributed by atoms with Crippen molar-refractivity contribution >= 4 is 15.9 Å². The van der Waals surface area contributed by atoms with Crippen LogP contribution in [0.15, 0.2) is 22.8 Å². The molecular weight excluding hydrogens is 242 g/mol. The van der Waals surface area contributed by atoms with Gasteiger partial charge in [0, 0.05) is 10.7 Å². The molecule has 1 atom stereocenters. The molecule has 0 aliphatic heterocycles. The molecule has 0 aromatic carbocycles. The predicted molar refractivity (Wildman–Crippen MR) is 58.9 cm³/mol. The summed E-state index contributed by atoms with van der Waals surface area (Å²) in [7, 11) is 0. The lowest BCUT2D eigenvalue weighted by Gasteiger charge is -2.09. The van der Waals surface area contributed by atoms with Crippen molar-refractivity contribution in [2.24, 2.45) is 5.92 Å². The van der Waals surface area contributed by atoms with Crippen molar-refractivity contribution in [2.45, 2.75) is 31.8 Å². The smallest absolute Gasteiger partial charge is 0.0959 e. The van der Waals surface area contributed by atoms with Crippen LogP contribution in [0.5, 0.6) is 0 Å². The molecule has 1 fully saturated rings. The minimum atomic E-state index is -0.385. The molecule has 1 aromatic rings. The van der Waals surface area contributed by atoms with Gasteiger partial charge in [0.2, 0.25) is 0 Å². The third-order valence-corrected chi connectivity index (χ3v) is 3.11. The molecule has 0 amide bonds. The average Bonchev–Trinajstić information content (AvgIpc) is 2.99. The lowest BCUT2D eigenvalue weighted by Crippen LogP contribution is -2.00. The fourth-order valence-electron chi connectivity index (χ4n) is 1.53. The van der Waals surface area contributed by atoms with Crippen LogP contribution in [0.25, 0.3) is 0 Å². The van der Waals surface area contributed by atoms with Gasteiger partial charge in [0.25, 0.3) is 0 Å². The van der Waals surface area contributed by atoms with Crippen molar-refractivity contribution in [2.75, 3.05) is 0 Å². The van der Waals surface area contributed by atoms with E-state index in [0.29, 0.717) is 0 Å². The summed E-state index contributed by atoms with van der Waals surface area (Å²) in [5.74, 6) is 0.875. The van der Waals surface area contributed by atoms with E-state index in [4.69, 9.17) is 0 Å². The SMILES string of the molecule is OC(CCC1CC1)c1ccc(Br)cn1. The molecule has 1 aliphatic carbocycles. The first-order valence-corrected chi connectivity index (χ1v) is 5.84. The first-order valence-electron chi connectivity index (χ1n) is 5.05. The molecule has 0 spiro atoms. The molecule has 1 aliphatic rings. The van der Waals surface area contributed by atoms with Gasteiger partial charge < -0.3 is 5.11 Å². The maximum Gasteiger partial charge on any atom is 0.0959 e. The van der Waals surface area contributed by atoms with Gasteiger partial charge in [0.15, 0.2) is 0 Å². The Hall–Kier alpha value is -0.410. The number of nitrogens with zero attached hydrogens (tertiary/aromatic N) is 1. The Labute approximate surface area is 92.5 Å². The monoisotopic (exact) mass is 255 g/mol. The van der Waals surface area contributed by atoms with E-state index in [1.54, 1.807) is 6.20 Å². The molecule has 76 valence electrons. The summed E-state index contributed by atoms with van der Waals surface area (Å²) >= 11 is 3.32. The quantitative estimate of drug-likeness (QED) is 0.898. The molecule has 3 heteroatoms. The summed E-state index contributed by atoms with van der Waals surface area (Å²) in [4.78, 5) is 4.18. The van der Waals surface area contributed by atoms with Gasteiger partial charge in [-0.05, 0) is 46.8 Å². The van der Waals surface area contributed by atoms with Crippen LogP contribution < -0.4 is 0 Å². The minimum Gasteiger partial charge on any atom is -0.387 e. The number of hydrogen-bond acceptors (Lipinski definition) is 2. The second kappa shape index (κ2) is 4.41. The Morgan fingerprint density at radius 3 is 2.86 bits per heavy atom. The summed E-state index contributed by atoms with van der Waals surface area (Å²) < 4.78 is 0.954. The third-order valence-electron chi connectivity index (χ3n) is 2.64. The Morgan fingerprint density at radius 2 is 2.29 bits per heavy atom. The zero-order valence-corrected chi connectivity index (χ0v) is 9.57. The summed E-state index contributed by atoms with van der Waals surface area (Å²) in [6, 6.07) is 3.80. The van der Waals surface area contributed by atoms with Crippen LogP contribution in [0.1, 0.15) is 37.5 Å². The van der Waals surface area contributed by atoms with Crippen LogP contribution in [0.3, 0.4) is 0 Å². The van der Waals surface area contributed by atoms with E-state index >= 15 is 0 Å². The maximum absolute atomic E-state index is 9.81. The highest BCUT2D eigenvalue weighted by molar-refractivity contribution is 9.10. The second-order valence-corrected chi connectivity index (χ2v) is 4.85. The zero-order valence-electron chi connectivity index (χ0n) is 7.99. The van der Waals surface area contributed by atoms with Crippen LogP contribution in [-0.4, -0.2) is 10.1 Å². The summed E-state index contributed by atoms with van der Waals surface area (Å²) in [6.45, 7) is 0. The van der Waals surface area contributed by atoms with Crippen molar-refractivity contribution < 1.29 is 5.11 Å². The molecule has 0 saturated heterocycles. The normalized spacial score (nSPS) is 18.1. The molecule has 1 heterocycles. The minimum absolute atomic E-state index is 0.385. The molecule has 2 rings (SSSR count). The molecule has 1 aromatic heterocycles. The van der Waals surface area contributed by atoms with E-state index in [1.165, 1.54) is 12.8 Å². The van der Waals surface area contributed by atoms with Crippen LogP contribution in [-0.2, 0) is 0 Å². The number of aromatic nitrogens is 1. The lowest BCUT2D eigenvalue weighted by molar-refractivity contribution is 0.157. The number of pyridine rings is 1. The predicted octanol–water partition coefficient (Wildman–Crippen LogP) is 3.07. The van der Waals surface area contributed by atoms with Gasteiger partial charge >= 0.3 is 0 Å². The Kier molecular flexibility index (Phi) is 3.19. The van der Waals surface area contributed by atoms with Gasteiger partial charge in [-0.3, -0.25) is 4.98 Å². The lowest BCUT2D eigenvalue weighted by atomic mass is 10.1. The molecule has 1 unspecified atom stereocenters. The average molecular weight is 256 g/mol. The number of rotatable bonds is 4. The summed E-state index contributed by atoms with van der Waals surface area (Å²) in [5, 5.41) is 9.81. The summed E-state index contributed by atoms with van der Waals surface area (Å²) in [6.07, 6.45) is 6.03. The van der Waals surface area contributed by atoms with E-state index in [0.717, 1.165) is 28.9 Å². The number of halogens is 1. The van der Waals surface area contributed by atoms with Crippen LogP contribution in [0.4, 0.5) is 0 Å². The zero-order chi connectivity index (χ0) is 9.97. The molecule has 1 saturated carbocycles. The van der Waals surface area contributed by atoms with Crippen LogP contribution >= 0.6 is 15.9 Å². The van der Waals surface area contributed by atoms with Crippen molar-refractivity contribution in [1.29, 1.82) is 0 Å². The second-order valence-electron chi connectivity index (χ2n) is 3.94. The first-order chi connectivity index (χ1) is 6.75. The standard InChI is InChI=1S/C11H14BrNO/c12-9-4-5-10(13-7-9)11(14)6-3-8-1-2-8/h4-5,7-8,11,14H,1-3,6H2. The van der Waals surface area contributed by atoms with E-state index in [1.807, 2.05) is 12.1 Å². The van der Waals surface area contributed by atoms with Gasteiger partial charge in [-0.2, -0.15) is 0 Å². The Balaban J connectivity index is 1.88. The van der Waals surface area contributed by atoms with Crippen molar-refractivity contribution in [3.63, 3.8) is 0 Å². The maximum atomic E-state index is 9.81. The van der Waals surface area contributed by atoms with E-state index in [-0.39, 0.29) is 6.10 Å². The molecule has 1 N–H and O–H groups in total. The van der Waals surface area contributed by atoms with E-state index in [2.05, 4.69) is 20.9 Å². The van der Waals surface area contributed by atoms with E-state index in [9.17, 15) is 5.11 Å². The topological polar surface area (TPSA) is 33.1 Å². The van der Waals surface area contributed by atoms with Gasteiger partial charge in [-0.15, -0.1) is 0 Å². The highest BCUT2D eigenvalue weighted by Crippen LogP contribution is 2.35. The number of hydrogen-bond donors (Lipinski definition) is 1. The molecule has 0 radical (unpaired) electrons. The van der Waals surface area contributed by atoms with Crippen LogP contribution in [0.2, 0.25) is 0 Å². The number of aliphatic hydroxyl groups excluding tert-OH is 1. The molecule has 2 nitrogen and oxygen atoms in total. The fourth-order valence-corrected chi connectivity index (χ4v) is 1.77. The largest absolute Gasteiger partial charge is 0.387 e. The van der Waals surface area contributed by atoms with Gasteiger partial charge in [0.05, 0.1) is 11.8 Å². The molecular formula is C11H14BrNO. The highest BCUT2D eigenvalue weighted by Gasteiger charge is 2.22.